The minimum Gasteiger partial charge on any atom is -0.481 e. The van der Waals surface area contributed by atoms with Gasteiger partial charge in [-0.1, -0.05) is 6.07 Å². The molecule has 1 fully saturated rings. The van der Waals surface area contributed by atoms with Crippen LogP contribution in [0.2, 0.25) is 0 Å². The van der Waals surface area contributed by atoms with E-state index in [0.29, 0.717) is 18.7 Å². The molecule has 1 aliphatic rings. The standard InChI is InChI=1S/C16H19FN4O3/c1-23-13-4-3-9(7-18-13)14(10-5-11(22)6-10)20-16-19-8-12(17)15(21-16)24-2/h3-4,7-8,10-11,14,22H,5-6H2,1-2H3,(H,19,20,21). The topological polar surface area (TPSA) is 89.4 Å². The number of aliphatic hydroxyl groups is 1. The average molecular weight is 334 g/mol. The number of pyridine rings is 1. The van der Waals surface area contributed by atoms with Crippen molar-refractivity contribution in [1.82, 2.24) is 15.0 Å². The van der Waals surface area contributed by atoms with Crippen LogP contribution in [0.4, 0.5) is 10.3 Å². The van der Waals surface area contributed by atoms with E-state index in [9.17, 15) is 9.50 Å². The molecule has 3 rings (SSSR count). The van der Waals surface area contributed by atoms with Crippen LogP contribution < -0.4 is 14.8 Å². The van der Waals surface area contributed by atoms with Gasteiger partial charge in [0.05, 0.1) is 32.6 Å². The smallest absolute Gasteiger partial charge is 0.255 e. The fourth-order valence-electron chi connectivity index (χ4n) is 2.78. The van der Waals surface area contributed by atoms with Gasteiger partial charge in [0.2, 0.25) is 17.6 Å². The van der Waals surface area contributed by atoms with Crippen molar-refractivity contribution in [3.8, 4) is 11.8 Å². The van der Waals surface area contributed by atoms with E-state index in [1.54, 1.807) is 19.4 Å². The lowest BCUT2D eigenvalue weighted by Gasteiger charge is -2.38. The van der Waals surface area contributed by atoms with Crippen molar-refractivity contribution >= 4 is 5.95 Å². The maximum atomic E-state index is 13.5. The van der Waals surface area contributed by atoms with Gasteiger partial charge in [0.1, 0.15) is 0 Å². The molecule has 0 aromatic carbocycles. The van der Waals surface area contributed by atoms with Gasteiger partial charge in [0.15, 0.2) is 0 Å². The van der Waals surface area contributed by atoms with Gasteiger partial charge in [-0.2, -0.15) is 9.37 Å². The minimum atomic E-state index is -0.621. The molecule has 2 aromatic rings. The van der Waals surface area contributed by atoms with Gasteiger partial charge in [-0.15, -0.1) is 0 Å². The van der Waals surface area contributed by atoms with Crippen molar-refractivity contribution in [3.05, 3.63) is 35.9 Å². The third-order valence-corrected chi connectivity index (χ3v) is 4.14. The summed E-state index contributed by atoms with van der Waals surface area (Å²) in [6, 6.07) is 3.52. The summed E-state index contributed by atoms with van der Waals surface area (Å²) in [5.41, 5.74) is 0.916. The van der Waals surface area contributed by atoms with E-state index in [4.69, 9.17) is 9.47 Å². The third-order valence-electron chi connectivity index (χ3n) is 4.14. The van der Waals surface area contributed by atoms with Crippen LogP contribution in [0.5, 0.6) is 11.8 Å². The van der Waals surface area contributed by atoms with E-state index < -0.39 is 5.82 Å². The number of anilines is 1. The summed E-state index contributed by atoms with van der Waals surface area (Å²) in [6.45, 7) is 0. The average Bonchev–Trinajstić information content (AvgIpc) is 2.58. The lowest BCUT2D eigenvalue weighted by Crippen LogP contribution is -2.36. The molecular formula is C16H19FN4O3. The van der Waals surface area contributed by atoms with Gasteiger partial charge in [0.25, 0.3) is 5.88 Å². The number of hydrogen-bond donors (Lipinski definition) is 2. The molecule has 0 aliphatic heterocycles. The number of ether oxygens (including phenoxy) is 2. The van der Waals surface area contributed by atoms with E-state index in [1.165, 1.54) is 7.11 Å². The molecule has 2 heterocycles. The first-order valence-corrected chi connectivity index (χ1v) is 7.61. The van der Waals surface area contributed by atoms with Crippen molar-refractivity contribution in [2.45, 2.75) is 25.0 Å². The predicted molar refractivity (Wildman–Crippen MR) is 84.4 cm³/mol. The van der Waals surface area contributed by atoms with Crippen molar-refractivity contribution in [1.29, 1.82) is 0 Å². The molecule has 1 aliphatic carbocycles. The van der Waals surface area contributed by atoms with Crippen molar-refractivity contribution in [3.63, 3.8) is 0 Å². The van der Waals surface area contributed by atoms with Gasteiger partial charge in [0, 0.05) is 12.3 Å². The van der Waals surface area contributed by atoms with Crippen LogP contribution in [0.25, 0.3) is 0 Å². The Morgan fingerprint density at radius 1 is 1.21 bits per heavy atom. The number of hydrogen-bond acceptors (Lipinski definition) is 7. The number of nitrogens with one attached hydrogen (secondary N) is 1. The summed E-state index contributed by atoms with van der Waals surface area (Å²) in [5, 5.41) is 12.8. The zero-order chi connectivity index (χ0) is 17.1. The zero-order valence-corrected chi connectivity index (χ0v) is 13.4. The molecule has 1 unspecified atom stereocenters. The Bertz CT molecular complexity index is 692. The number of aliphatic hydroxyl groups excluding tert-OH is 1. The highest BCUT2D eigenvalue weighted by Gasteiger charge is 2.35. The molecule has 0 spiro atoms. The molecule has 2 N–H and O–H groups in total. The summed E-state index contributed by atoms with van der Waals surface area (Å²) in [5.74, 6) is 0.244. The van der Waals surface area contributed by atoms with Crippen molar-refractivity contribution < 1.29 is 19.0 Å². The molecule has 8 heteroatoms. The largest absolute Gasteiger partial charge is 0.481 e. The molecule has 0 bridgehead atoms. The number of aromatic nitrogens is 3. The number of nitrogens with zero attached hydrogens (tertiary/aromatic N) is 3. The first kappa shape index (κ1) is 16.4. The Balaban J connectivity index is 1.84. The molecule has 0 radical (unpaired) electrons. The zero-order valence-electron chi connectivity index (χ0n) is 13.4. The molecule has 24 heavy (non-hydrogen) atoms. The van der Waals surface area contributed by atoms with Crippen LogP contribution in [0, 0.1) is 11.7 Å². The summed E-state index contributed by atoms with van der Waals surface area (Å²) < 4.78 is 23.4. The van der Waals surface area contributed by atoms with E-state index >= 15 is 0 Å². The van der Waals surface area contributed by atoms with E-state index in [2.05, 4.69) is 20.3 Å². The lowest BCUT2D eigenvalue weighted by atomic mass is 9.75. The van der Waals surface area contributed by atoms with E-state index in [0.717, 1.165) is 11.8 Å². The van der Waals surface area contributed by atoms with E-state index in [1.807, 2.05) is 6.07 Å². The predicted octanol–water partition coefficient (Wildman–Crippen LogP) is 1.95. The van der Waals surface area contributed by atoms with Gasteiger partial charge in [-0.05, 0) is 24.3 Å². The Morgan fingerprint density at radius 3 is 2.58 bits per heavy atom. The second-order valence-electron chi connectivity index (χ2n) is 5.69. The molecule has 128 valence electrons. The third kappa shape index (κ3) is 3.38. The fourth-order valence-corrected chi connectivity index (χ4v) is 2.78. The van der Waals surface area contributed by atoms with Gasteiger partial charge >= 0.3 is 0 Å². The Labute approximate surface area is 138 Å². The van der Waals surface area contributed by atoms with Crippen LogP contribution in [0.1, 0.15) is 24.4 Å². The van der Waals surface area contributed by atoms with Crippen LogP contribution >= 0.6 is 0 Å². The molecule has 2 aromatic heterocycles. The molecule has 1 saturated carbocycles. The Kier molecular flexibility index (Phi) is 4.75. The summed E-state index contributed by atoms with van der Waals surface area (Å²) in [6.07, 6.45) is 3.81. The number of rotatable bonds is 6. The summed E-state index contributed by atoms with van der Waals surface area (Å²) >= 11 is 0. The van der Waals surface area contributed by atoms with Gasteiger partial charge < -0.3 is 19.9 Å². The van der Waals surface area contributed by atoms with Crippen LogP contribution in [-0.2, 0) is 0 Å². The monoisotopic (exact) mass is 334 g/mol. The minimum absolute atomic E-state index is 0.118. The van der Waals surface area contributed by atoms with Crippen LogP contribution in [0.15, 0.2) is 24.5 Å². The van der Waals surface area contributed by atoms with Crippen molar-refractivity contribution in [2.75, 3.05) is 19.5 Å². The molecular weight excluding hydrogens is 315 g/mol. The summed E-state index contributed by atoms with van der Waals surface area (Å²) in [7, 11) is 2.90. The first-order chi connectivity index (χ1) is 11.6. The maximum absolute atomic E-state index is 13.5. The molecule has 1 atom stereocenters. The Morgan fingerprint density at radius 2 is 2.00 bits per heavy atom. The Hall–Kier alpha value is -2.48. The second-order valence-corrected chi connectivity index (χ2v) is 5.69. The van der Waals surface area contributed by atoms with Crippen LogP contribution in [-0.4, -0.2) is 40.4 Å². The van der Waals surface area contributed by atoms with Gasteiger partial charge in [-0.25, -0.2) is 9.97 Å². The molecule has 0 amide bonds. The number of methoxy groups -OCH3 is 2. The quantitative estimate of drug-likeness (QED) is 0.834. The molecule has 0 saturated heterocycles. The number of halogens is 1. The SMILES string of the molecule is COc1ccc(C(Nc2ncc(F)c(OC)n2)C2CC(O)C2)cn1. The highest BCUT2D eigenvalue weighted by molar-refractivity contribution is 5.35. The van der Waals surface area contributed by atoms with Gasteiger partial charge in [-0.3, -0.25) is 0 Å². The van der Waals surface area contributed by atoms with Crippen LogP contribution in [0.3, 0.4) is 0 Å². The molecule has 7 nitrogen and oxygen atoms in total. The van der Waals surface area contributed by atoms with Crippen molar-refractivity contribution in [2.24, 2.45) is 5.92 Å². The normalized spacial score (nSPS) is 20.8. The summed E-state index contributed by atoms with van der Waals surface area (Å²) in [4.78, 5) is 12.2. The highest BCUT2D eigenvalue weighted by atomic mass is 19.1. The second kappa shape index (κ2) is 6.96. The fraction of sp³-hybridized carbons (Fsp3) is 0.438. The maximum Gasteiger partial charge on any atom is 0.255 e. The van der Waals surface area contributed by atoms with E-state index in [-0.39, 0.29) is 29.9 Å². The highest BCUT2D eigenvalue weighted by Crippen LogP contribution is 2.39. The first-order valence-electron chi connectivity index (χ1n) is 7.61. The lowest BCUT2D eigenvalue weighted by molar-refractivity contribution is 0.0338.